The third-order valence-electron chi connectivity index (χ3n) is 4.94. The second-order valence-corrected chi connectivity index (χ2v) is 7.18. The third kappa shape index (κ3) is 2.91. The molecule has 1 atom stereocenters. The smallest absolute Gasteiger partial charge is 0.312 e. The molecule has 0 fully saturated rings. The number of aromatic nitrogens is 4. The van der Waals surface area contributed by atoms with Gasteiger partial charge in [0.1, 0.15) is 35.0 Å². The summed E-state index contributed by atoms with van der Waals surface area (Å²) in [5.41, 5.74) is 3.56. The molecule has 1 aliphatic rings. The Hall–Kier alpha value is -3.26. The Balaban J connectivity index is 1.44. The molecular weight excluding hydrogens is 376 g/mol. The van der Waals surface area contributed by atoms with E-state index in [0.29, 0.717) is 12.4 Å². The van der Waals surface area contributed by atoms with Crippen LogP contribution in [0.4, 0.5) is 0 Å². The number of imidazole rings is 1. The standard InChI is InChI=1S/C20H16N4O3S/c1-24-9-8-21-17(24)11-26-13-4-2-12(3-5-13)14-10-18(25)27-16-7-6-15-20(19(14)16)23-28-22-15/h2-9,14H,10-11H2,1H3/t14-/m1/s1. The van der Waals surface area contributed by atoms with Gasteiger partial charge in [-0.05, 0) is 29.8 Å². The van der Waals surface area contributed by atoms with Crippen LogP contribution in [0.1, 0.15) is 29.3 Å². The van der Waals surface area contributed by atoms with Crippen molar-refractivity contribution in [1.82, 2.24) is 18.3 Å². The molecule has 7 nitrogen and oxygen atoms in total. The summed E-state index contributed by atoms with van der Waals surface area (Å²) in [4.78, 5) is 16.4. The highest BCUT2D eigenvalue weighted by atomic mass is 32.1. The second-order valence-electron chi connectivity index (χ2n) is 6.65. The number of ether oxygens (including phenoxy) is 2. The summed E-state index contributed by atoms with van der Waals surface area (Å²) in [6, 6.07) is 11.4. The molecule has 140 valence electrons. The lowest BCUT2D eigenvalue weighted by Gasteiger charge is -2.25. The van der Waals surface area contributed by atoms with Crippen LogP contribution in [-0.4, -0.2) is 24.3 Å². The molecule has 0 spiro atoms. The molecule has 0 amide bonds. The second kappa shape index (κ2) is 6.72. The van der Waals surface area contributed by atoms with Crippen LogP contribution >= 0.6 is 11.7 Å². The van der Waals surface area contributed by atoms with Crippen molar-refractivity contribution in [3.8, 4) is 11.5 Å². The summed E-state index contributed by atoms with van der Waals surface area (Å²) in [6.07, 6.45) is 3.90. The first kappa shape index (κ1) is 16.9. The fraction of sp³-hybridized carbons (Fsp3) is 0.200. The average Bonchev–Trinajstić information content (AvgIpc) is 3.34. The quantitative estimate of drug-likeness (QED) is 0.391. The lowest BCUT2D eigenvalue weighted by Crippen LogP contribution is -2.21. The Morgan fingerprint density at radius 1 is 1.21 bits per heavy atom. The van der Waals surface area contributed by atoms with Crippen molar-refractivity contribution >= 4 is 28.7 Å². The van der Waals surface area contributed by atoms with E-state index in [2.05, 4.69) is 13.7 Å². The van der Waals surface area contributed by atoms with Crippen molar-refractivity contribution in [3.63, 3.8) is 0 Å². The van der Waals surface area contributed by atoms with Gasteiger partial charge in [0.2, 0.25) is 0 Å². The van der Waals surface area contributed by atoms with Gasteiger partial charge in [0, 0.05) is 30.9 Å². The predicted octanol–water partition coefficient (Wildman–Crippen LogP) is 3.44. The largest absolute Gasteiger partial charge is 0.486 e. The Labute approximate surface area is 164 Å². The molecule has 0 radical (unpaired) electrons. The maximum Gasteiger partial charge on any atom is 0.312 e. The molecule has 3 heterocycles. The molecule has 1 aliphatic heterocycles. The zero-order valence-electron chi connectivity index (χ0n) is 15.0. The van der Waals surface area contributed by atoms with Crippen LogP contribution in [0.3, 0.4) is 0 Å². The van der Waals surface area contributed by atoms with Gasteiger partial charge in [0.15, 0.2) is 0 Å². The lowest BCUT2D eigenvalue weighted by molar-refractivity contribution is -0.135. The van der Waals surface area contributed by atoms with E-state index in [1.807, 2.05) is 48.1 Å². The van der Waals surface area contributed by atoms with Crippen LogP contribution in [0, 0.1) is 0 Å². The van der Waals surface area contributed by atoms with Gasteiger partial charge in [-0.3, -0.25) is 4.79 Å². The van der Waals surface area contributed by atoms with Crippen LogP contribution in [-0.2, 0) is 18.4 Å². The Morgan fingerprint density at radius 2 is 2.07 bits per heavy atom. The summed E-state index contributed by atoms with van der Waals surface area (Å²) in [5, 5.41) is 0. The first-order valence-electron chi connectivity index (χ1n) is 8.84. The van der Waals surface area contributed by atoms with E-state index in [4.69, 9.17) is 9.47 Å². The monoisotopic (exact) mass is 392 g/mol. The number of carbonyl (C=O) groups is 1. The number of hydrogen-bond donors (Lipinski definition) is 0. The van der Waals surface area contributed by atoms with Crippen molar-refractivity contribution in [2.75, 3.05) is 0 Å². The number of rotatable bonds is 4. The fourth-order valence-electron chi connectivity index (χ4n) is 3.48. The number of benzene rings is 2. The van der Waals surface area contributed by atoms with E-state index in [9.17, 15) is 4.79 Å². The molecular formula is C20H16N4O3S. The first-order valence-corrected chi connectivity index (χ1v) is 9.57. The molecule has 4 aromatic rings. The molecule has 0 aliphatic carbocycles. The van der Waals surface area contributed by atoms with E-state index < -0.39 is 0 Å². The Kier molecular flexibility index (Phi) is 4.05. The molecule has 2 aromatic heterocycles. The van der Waals surface area contributed by atoms with Crippen LogP contribution in [0.2, 0.25) is 0 Å². The van der Waals surface area contributed by atoms with E-state index >= 15 is 0 Å². The Morgan fingerprint density at radius 3 is 2.86 bits per heavy atom. The number of hydrogen-bond acceptors (Lipinski definition) is 7. The predicted molar refractivity (Wildman–Crippen MR) is 103 cm³/mol. The number of fused-ring (bicyclic) bond motifs is 3. The van der Waals surface area contributed by atoms with E-state index in [-0.39, 0.29) is 18.3 Å². The summed E-state index contributed by atoms with van der Waals surface area (Å²) in [6.45, 7) is 0.395. The minimum absolute atomic E-state index is 0.118. The third-order valence-corrected chi connectivity index (χ3v) is 5.48. The zero-order valence-corrected chi connectivity index (χ0v) is 15.8. The minimum Gasteiger partial charge on any atom is -0.486 e. The zero-order chi connectivity index (χ0) is 19.1. The van der Waals surface area contributed by atoms with Gasteiger partial charge >= 0.3 is 5.97 Å². The van der Waals surface area contributed by atoms with E-state index in [1.165, 1.54) is 0 Å². The van der Waals surface area contributed by atoms with Gasteiger partial charge in [0.25, 0.3) is 0 Å². The highest BCUT2D eigenvalue weighted by Gasteiger charge is 2.31. The topological polar surface area (TPSA) is 79.1 Å². The molecule has 0 saturated carbocycles. The Bertz CT molecular complexity index is 1170. The van der Waals surface area contributed by atoms with Crippen LogP contribution in [0.5, 0.6) is 11.5 Å². The maximum atomic E-state index is 12.1. The molecule has 5 rings (SSSR count). The molecule has 28 heavy (non-hydrogen) atoms. The van der Waals surface area contributed by atoms with Crippen LogP contribution in [0.15, 0.2) is 48.8 Å². The number of nitrogens with zero attached hydrogens (tertiary/aromatic N) is 4. The minimum atomic E-state index is -0.241. The molecule has 2 aromatic carbocycles. The summed E-state index contributed by atoms with van der Waals surface area (Å²) in [5.74, 6) is 1.81. The highest BCUT2D eigenvalue weighted by Crippen LogP contribution is 2.42. The molecule has 8 heteroatoms. The van der Waals surface area contributed by atoms with E-state index in [1.54, 1.807) is 12.3 Å². The molecule has 0 unspecified atom stereocenters. The molecule has 0 saturated heterocycles. The van der Waals surface area contributed by atoms with Gasteiger partial charge in [-0.2, -0.15) is 8.75 Å². The molecule has 0 bridgehead atoms. The maximum absolute atomic E-state index is 12.1. The number of esters is 1. The van der Waals surface area contributed by atoms with E-state index in [0.717, 1.165) is 45.5 Å². The summed E-state index contributed by atoms with van der Waals surface area (Å²) < 4.78 is 21.9. The summed E-state index contributed by atoms with van der Waals surface area (Å²) in [7, 11) is 1.93. The number of aryl methyl sites for hydroxylation is 1. The fourth-order valence-corrected chi connectivity index (χ4v) is 4.03. The van der Waals surface area contributed by atoms with Crippen molar-refractivity contribution in [3.05, 3.63) is 65.7 Å². The lowest BCUT2D eigenvalue weighted by atomic mass is 9.85. The normalized spacial score (nSPS) is 16.0. The van der Waals surface area contributed by atoms with Gasteiger partial charge in [-0.15, -0.1) is 0 Å². The van der Waals surface area contributed by atoms with Crippen molar-refractivity contribution in [1.29, 1.82) is 0 Å². The van der Waals surface area contributed by atoms with Gasteiger partial charge in [0.05, 0.1) is 18.1 Å². The van der Waals surface area contributed by atoms with Crippen molar-refractivity contribution in [2.24, 2.45) is 7.05 Å². The van der Waals surface area contributed by atoms with Crippen molar-refractivity contribution < 1.29 is 14.3 Å². The van der Waals surface area contributed by atoms with Crippen LogP contribution < -0.4 is 9.47 Å². The average molecular weight is 392 g/mol. The SMILES string of the molecule is Cn1ccnc1COc1ccc([C@H]2CC(=O)Oc3ccc4nsnc4c32)cc1. The van der Waals surface area contributed by atoms with Gasteiger partial charge < -0.3 is 14.0 Å². The van der Waals surface area contributed by atoms with Gasteiger partial charge in [-0.1, -0.05) is 12.1 Å². The van der Waals surface area contributed by atoms with Gasteiger partial charge in [-0.25, -0.2) is 4.98 Å². The summed E-state index contributed by atoms with van der Waals surface area (Å²) >= 11 is 1.16. The number of carbonyl (C=O) groups excluding carboxylic acids is 1. The highest BCUT2D eigenvalue weighted by molar-refractivity contribution is 7.00. The molecule has 0 N–H and O–H groups in total. The first-order chi connectivity index (χ1) is 13.7. The van der Waals surface area contributed by atoms with Crippen LogP contribution in [0.25, 0.3) is 11.0 Å². The van der Waals surface area contributed by atoms with Crippen molar-refractivity contribution in [2.45, 2.75) is 18.9 Å².